The molecule has 0 fully saturated rings. The summed E-state index contributed by atoms with van der Waals surface area (Å²) in [5, 5.41) is 6.30. The molecule has 0 aromatic carbocycles. The molecule has 3 heteroatoms. The SMILES string of the molecule is CCS([NH-])=O. The molecule has 0 aliphatic rings. The van der Waals surface area contributed by atoms with Crippen LogP contribution in [-0.2, 0) is 11.0 Å². The van der Waals surface area contributed by atoms with E-state index in [9.17, 15) is 4.21 Å². The summed E-state index contributed by atoms with van der Waals surface area (Å²) in [5.74, 6) is 0.444. The molecule has 2 nitrogen and oxygen atoms in total. The molecule has 0 aromatic rings. The molecule has 0 amide bonds. The van der Waals surface area contributed by atoms with Crippen LogP contribution >= 0.6 is 0 Å². The van der Waals surface area contributed by atoms with Gasteiger partial charge in [-0.15, -0.1) is 0 Å². The van der Waals surface area contributed by atoms with E-state index >= 15 is 0 Å². The third kappa shape index (κ3) is 4.11. The number of hydrogen-bond donors (Lipinski definition) is 0. The summed E-state index contributed by atoms with van der Waals surface area (Å²) < 4.78 is 9.59. The molecule has 0 radical (unpaired) electrons. The van der Waals surface area contributed by atoms with Gasteiger partial charge in [-0.2, -0.15) is 0 Å². The largest absolute Gasteiger partial charge is 0.591 e. The highest BCUT2D eigenvalue weighted by atomic mass is 32.2. The average molecular weight is 92.1 g/mol. The van der Waals surface area contributed by atoms with Gasteiger partial charge in [0.15, 0.2) is 0 Å². The fraction of sp³-hybridized carbons (Fsp3) is 1.00. The van der Waals surface area contributed by atoms with Crippen molar-refractivity contribution in [2.45, 2.75) is 6.92 Å². The van der Waals surface area contributed by atoms with Gasteiger partial charge in [0.05, 0.1) is 0 Å². The Labute approximate surface area is 34.0 Å². The maximum atomic E-state index is 9.59. The first-order valence-corrected chi connectivity index (χ1v) is 2.69. The van der Waals surface area contributed by atoms with Crippen LogP contribution in [0.3, 0.4) is 0 Å². The summed E-state index contributed by atoms with van der Waals surface area (Å²) in [6.45, 7) is 1.71. The zero-order valence-electron chi connectivity index (χ0n) is 3.02. The van der Waals surface area contributed by atoms with E-state index in [1.54, 1.807) is 6.92 Å². The molecule has 0 aliphatic carbocycles. The molecular weight excluding hydrogens is 86.1 g/mol. The van der Waals surface area contributed by atoms with Crippen LogP contribution in [0.15, 0.2) is 0 Å². The molecule has 0 bridgehead atoms. The number of nitrogens with one attached hydrogen (secondary N) is 1. The van der Waals surface area contributed by atoms with Crippen LogP contribution in [0, 0.1) is 0 Å². The molecule has 0 saturated heterocycles. The second kappa shape index (κ2) is 2.35. The monoisotopic (exact) mass is 92.0 g/mol. The summed E-state index contributed by atoms with van der Waals surface area (Å²) in [7, 11) is -1.32. The van der Waals surface area contributed by atoms with Crippen LogP contribution in [0.2, 0.25) is 0 Å². The molecule has 1 atom stereocenters. The third-order valence-electron chi connectivity index (χ3n) is 0.262. The topological polar surface area (TPSA) is 40.9 Å². The van der Waals surface area contributed by atoms with Gasteiger partial charge in [-0.1, -0.05) is 17.9 Å². The molecule has 0 aliphatic heterocycles. The molecule has 0 rings (SSSR count). The van der Waals surface area contributed by atoms with Gasteiger partial charge in [-0.3, -0.25) is 4.21 Å². The van der Waals surface area contributed by atoms with Crippen LogP contribution in [0.1, 0.15) is 6.92 Å². The van der Waals surface area contributed by atoms with E-state index in [-0.39, 0.29) is 0 Å². The van der Waals surface area contributed by atoms with Crippen LogP contribution in [-0.4, -0.2) is 9.96 Å². The molecule has 1 unspecified atom stereocenters. The van der Waals surface area contributed by atoms with Gasteiger partial charge in [0.25, 0.3) is 0 Å². The lowest BCUT2D eigenvalue weighted by Gasteiger charge is -1.90. The summed E-state index contributed by atoms with van der Waals surface area (Å²) in [6, 6.07) is 0. The normalized spacial score (nSPS) is 14.8. The van der Waals surface area contributed by atoms with Gasteiger partial charge in [-0.05, 0) is 0 Å². The zero-order valence-corrected chi connectivity index (χ0v) is 3.84. The standard InChI is InChI=1S/C2H6NOS/c1-2-5(3)4/h3H,2H2,1H3/q-1. The molecule has 5 heavy (non-hydrogen) atoms. The first kappa shape index (κ1) is 5.11. The van der Waals surface area contributed by atoms with E-state index in [2.05, 4.69) is 0 Å². The lowest BCUT2D eigenvalue weighted by Crippen LogP contribution is -1.78. The first-order chi connectivity index (χ1) is 2.27. The number of hydrogen-bond acceptors (Lipinski definition) is 1. The van der Waals surface area contributed by atoms with E-state index in [0.717, 1.165) is 0 Å². The predicted molar refractivity (Wildman–Crippen MR) is 23.0 cm³/mol. The third-order valence-corrected chi connectivity index (χ3v) is 0.787. The molecule has 0 heterocycles. The zero-order chi connectivity index (χ0) is 4.28. The lowest BCUT2D eigenvalue weighted by molar-refractivity contribution is 0.689. The smallest absolute Gasteiger partial charge is 0.00153 e. The van der Waals surface area contributed by atoms with Crippen molar-refractivity contribution in [3.63, 3.8) is 0 Å². The van der Waals surface area contributed by atoms with Crippen molar-refractivity contribution in [2.75, 3.05) is 5.75 Å². The average Bonchev–Trinajstić information content (AvgIpc) is 1.38. The highest BCUT2D eigenvalue weighted by Gasteiger charge is 1.62. The Balaban J connectivity index is 2.85. The van der Waals surface area contributed by atoms with Crippen LogP contribution in [0.25, 0.3) is 5.14 Å². The summed E-state index contributed by atoms with van der Waals surface area (Å²) in [6.07, 6.45) is 0. The van der Waals surface area contributed by atoms with Gasteiger partial charge in [0, 0.05) is 5.75 Å². The minimum Gasteiger partial charge on any atom is -0.591 e. The van der Waals surface area contributed by atoms with Gasteiger partial charge in [0.2, 0.25) is 0 Å². The molecule has 0 aromatic heterocycles. The van der Waals surface area contributed by atoms with E-state index in [1.165, 1.54) is 0 Å². The Kier molecular flexibility index (Phi) is 2.41. The van der Waals surface area contributed by atoms with Gasteiger partial charge in [0.1, 0.15) is 0 Å². The summed E-state index contributed by atoms with van der Waals surface area (Å²) in [5.41, 5.74) is 0. The van der Waals surface area contributed by atoms with Crippen molar-refractivity contribution in [1.29, 1.82) is 0 Å². The number of rotatable bonds is 1. The minimum absolute atomic E-state index is 0.444. The van der Waals surface area contributed by atoms with Crippen molar-refractivity contribution in [1.82, 2.24) is 0 Å². The fourth-order valence-electron chi connectivity index (χ4n) is 0. The second-order valence-electron chi connectivity index (χ2n) is 0.634. The van der Waals surface area contributed by atoms with Crippen molar-refractivity contribution in [3.8, 4) is 0 Å². The maximum Gasteiger partial charge on any atom is 0.00153 e. The second-order valence-corrected chi connectivity index (χ2v) is 1.90. The Morgan fingerprint density at radius 2 is 2.20 bits per heavy atom. The Bertz CT molecular complexity index is 44.9. The Morgan fingerprint density at radius 1 is 2.00 bits per heavy atom. The van der Waals surface area contributed by atoms with Crippen LogP contribution in [0.5, 0.6) is 0 Å². The molecule has 1 N–H and O–H groups in total. The summed E-state index contributed by atoms with van der Waals surface area (Å²) in [4.78, 5) is 0. The minimum atomic E-state index is -1.32. The lowest BCUT2D eigenvalue weighted by atomic mass is 11.0. The van der Waals surface area contributed by atoms with Crippen molar-refractivity contribution >= 4 is 11.0 Å². The molecular formula is C2H6NOS-. The van der Waals surface area contributed by atoms with E-state index in [4.69, 9.17) is 5.14 Å². The maximum absolute atomic E-state index is 9.59. The van der Waals surface area contributed by atoms with E-state index in [0.29, 0.717) is 5.75 Å². The van der Waals surface area contributed by atoms with Crippen LogP contribution in [0.4, 0.5) is 0 Å². The van der Waals surface area contributed by atoms with Crippen molar-refractivity contribution in [2.24, 2.45) is 0 Å². The van der Waals surface area contributed by atoms with Gasteiger partial charge < -0.3 is 5.14 Å². The van der Waals surface area contributed by atoms with E-state index < -0.39 is 11.0 Å². The van der Waals surface area contributed by atoms with E-state index in [1.807, 2.05) is 0 Å². The van der Waals surface area contributed by atoms with Crippen molar-refractivity contribution < 1.29 is 4.21 Å². The van der Waals surface area contributed by atoms with Crippen LogP contribution < -0.4 is 0 Å². The molecule has 0 spiro atoms. The first-order valence-electron chi connectivity index (χ1n) is 1.37. The molecule has 0 saturated carbocycles. The fourth-order valence-corrected chi connectivity index (χ4v) is 0. The van der Waals surface area contributed by atoms with Crippen molar-refractivity contribution in [3.05, 3.63) is 5.14 Å². The highest BCUT2D eigenvalue weighted by molar-refractivity contribution is 7.86. The van der Waals surface area contributed by atoms with Gasteiger partial charge >= 0.3 is 0 Å². The van der Waals surface area contributed by atoms with Gasteiger partial charge in [-0.25, -0.2) is 0 Å². The summed E-state index contributed by atoms with van der Waals surface area (Å²) >= 11 is 0. The predicted octanol–water partition coefficient (Wildman–Crippen LogP) is 0.722. The Morgan fingerprint density at radius 3 is 2.20 bits per heavy atom. The Hall–Kier alpha value is 0.110. The highest BCUT2D eigenvalue weighted by Crippen LogP contribution is 1.72. The quantitative estimate of drug-likeness (QED) is 0.470. The molecule has 32 valence electrons.